The van der Waals surface area contributed by atoms with Gasteiger partial charge in [0.2, 0.25) is 11.8 Å². The molecule has 0 saturated heterocycles. The molecule has 1 aromatic heterocycles. The number of nitrogens with zero attached hydrogens (tertiary/aromatic N) is 3. The Labute approximate surface area is 235 Å². The standard InChI is InChI=1S/C30H27FN4O6/c1-34(40-3)27(36)23-16-22-24(17-26(23)39-2)33-15-12-25(22)41-21-10-8-20(9-11-21)35(19-6-4-18(31)5-7-19)29(38)30(13-14-30)28(32)37/h4-12,15-17H,13-14H2,1-3H3,(H2,32,37). The van der Waals surface area contributed by atoms with E-state index >= 15 is 0 Å². The second kappa shape index (κ2) is 10.9. The van der Waals surface area contributed by atoms with Crippen LogP contribution in [-0.4, -0.2) is 49.0 Å². The van der Waals surface area contributed by atoms with Crippen molar-refractivity contribution < 1.29 is 33.1 Å². The number of benzene rings is 3. The van der Waals surface area contributed by atoms with E-state index in [1.54, 1.807) is 48.7 Å². The number of methoxy groups -OCH3 is 1. The third-order valence-electron chi connectivity index (χ3n) is 7.05. The van der Waals surface area contributed by atoms with Crippen molar-refractivity contribution in [3.63, 3.8) is 0 Å². The Morgan fingerprint density at radius 2 is 1.56 bits per heavy atom. The quantitative estimate of drug-likeness (QED) is 0.232. The second-order valence-electron chi connectivity index (χ2n) is 9.52. The first-order valence-corrected chi connectivity index (χ1v) is 12.7. The number of hydroxylamine groups is 2. The Morgan fingerprint density at radius 3 is 2.12 bits per heavy atom. The van der Waals surface area contributed by atoms with Gasteiger partial charge in [0, 0.05) is 36.1 Å². The summed E-state index contributed by atoms with van der Waals surface area (Å²) in [5.74, 6) is -0.849. The van der Waals surface area contributed by atoms with Gasteiger partial charge in [-0.1, -0.05) is 0 Å². The van der Waals surface area contributed by atoms with Crippen molar-refractivity contribution in [1.82, 2.24) is 10.0 Å². The predicted molar refractivity (Wildman–Crippen MR) is 148 cm³/mol. The van der Waals surface area contributed by atoms with Crippen LogP contribution in [0.25, 0.3) is 10.9 Å². The third-order valence-corrected chi connectivity index (χ3v) is 7.05. The summed E-state index contributed by atoms with van der Waals surface area (Å²) in [5.41, 5.74) is 5.93. The maximum Gasteiger partial charge on any atom is 0.280 e. The van der Waals surface area contributed by atoms with Crippen molar-refractivity contribution in [3.05, 3.63) is 84.3 Å². The van der Waals surface area contributed by atoms with E-state index in [1.807, 2.05) is 0 Å². The molecule has 3 aromatic carbocycles. The van der Waals surface area contributed by atoms with Crippen LogP contribution in [0, 0.1) is 11.2 Å². The highest BCUT2D eigenvalue weighted by atomic mass is 19.1. The van der Waals surface area contributed by atoms with Gasteiger partial charge in [0.15, 0.2) is 0 Å². The van der Waals surface area contributed by atoms with Gasteiger partial charge in [0.05, 0.1) is 25.3 Å². The van der Waals surface area contributed by atoms with Gasteiger partial charge in [-0.05, 0) is 73.5 Å². The summed E-state index contributed by atoms with van der Waals surface area (Å²) in [7, 11) is 4.33. The molecule has 1 heterocycles. The van der Waals surface area contributed by atoms with Gasteiger partial charge in [0.25, 0.3) is 5.91 Å². The number of nitrogens with two attached hydrogens (primary N) is 1. The van der Waals surface area contributed by atoms with Crippen LogP contribution in [0.1, 0.15) is 23.2 Å². The first-order valence-electron chi connectivity index (χ1n) is 12.7. The van der Waals surface area contributed by atoms with Crippen LogP contribution in [0.15, 0.2) is 72.9 Å². The number of rotatable bonds is 9. The highest BCUT2D eigenvalue weighted by Crippen LogP contribution is 2.49. The van der Waals surface area contributed by atoms with Gasteiger partial charge >= 0.3 is 0 Å². The number of primary amides is 1. The number of ether oxygens (including phenoxy) is 2. The topological polar surface area (TPSA) is 124 Å². The van der Waals surface area contributed by atoms with E-state index in [0.717, 1.165) is 5.06 Å². The minimum atomic E-state index is -1.29. The molecule has 3 amide bonds. The molecular formula is C30H27FN4O6. The number of anilines is 2. The fraction of sp³-hybridized carbons (Fsp3) is 0.200. The van der Waals surface area contributed by atoms with Crippen molar-refractivity contribution in [3.8, 4) is 17.2 Å². The van der Waals surface area contributed by atoms with Crippen LogP contribution in [0.5, 0.6) is 17.2 Å². The zero-order chi connectivity index (χ0) is 29.3. The number of pyridine rings is 1. The highest BCUT2D eigenvalue weighted by Gasteiger charge is 2.57. The third kappa shape index (κ3) is 5.14. The fourth-order valence-corrected chi connectivity index (χ4v) is 4.49. The first kappa shape index (κ1) is 27.5. The molecule has 0 atom stereocenters. The van der Waals surface area contributed by atoms with Crippen LogP contribution in [0.2, 0.25) is 0 Å². The molecule has 0 radical (unpaired) electrons. The summed E-state index contributed by atoms with van der Waals surface area (Å²) in [6, 6.07) is 17.0. The zero-order valence-corrected chi connectivity index (χ0v) is 22.6. The lowest BCUT2D eigenvalue weighted by Gasteiger charge is -2.26. The van der Waals surface area contributed by atoms with Crippen LogP contribution < -0.4 is 20.1 Å². The van der Waals surface area contributed by atoms with E-state index < -0.39 is 29.0 Å². The molecule has 0 bridgehead atoms. The summed E-state index contributed by atoms with van der Waals surface area (Å²) >= 11 is 0. The van der Waals surface area contributed by atoms with Gasteiger partial charge in [-0.2, -0.15) is 0 Å². The van der Waals surface area contributed by atoms with Crippen molar-refractivity contribution >= 4 is 40.0 Å². The van der Waals surface area contributed by atoms with Crippen molar-refractivity contribution in [2.45, 2.75) is 12.8 Å². The van der Waals surface area contributed by atoms with Gasteiger partial charge < -0.3 is 15.2 Å². The average molecular weight is 559 g/mol. The van der Waals surface area contributed by atoms with E-state index in [1.165, 1.54) is 50.4 Å². The lowest BCUT2D eigenvalue weighted by atomic mass is 10.0. The molecule has 210 valence electrons. The SMILES string of the molecule is COc1cc2nccc(Oc3ccc(N(C(=O)C4(C(N)=O)CC4)c4ccc(F)cc4)cc3)c2cc1C(=O)N(C)OC. The monoisotopic (exact) mass is 558 g/mol. The Bertz CT molecular complexity index is 1640. The molecular weight excluding hydrogens is 531 g/mol. The van der Waals surface area contributed by atoms with Crippen molar-refractivity contribution in [2.24, 2.45) is 11.1 Å². The molecule has 11 heteroatoms. The van der Waals surface area contributed by atoms with Crippen molar-refractivity contribution in [2.75, 3.05) is 26.2 Å². The molecule has 1 aliphatic rings. The molecule has 2 N–H and O–H groups in total. The van der Waals surface area contributed by atoms with Crippen LogP contribution in [0.4, 0.5) is 15.8 Å². The molecule has 0 aliphatic heterocycles. The lowest BCUT2D eigenvalue weighted by Crippen LogP contribution is -2.41. The molecule has 41 heavy (non-hydrogen) atoms. The Hall–Kier alpha value is -5.03. The average Bonchev–Trinajstić information content (AvgIpc) is 3.80. The van der Waals surface area contributed by atoms with Gasteiger partial charge in [-0.15, -0.1) is 0 Å². The summed E-state index contributed by atoms with van der Waals surface area (Å²) < 4.78 is 25.2. The minimum absolute atomic E-state index is 0.259. The largest absolute Gasteiger partial charge is 0.496 e. The maximum absolute atomic E-state index is 13.6. The Kier molecular flexibility index (Phi) is 7.29. The zero-order valence-electron chi connectivity index (χ0n) is 22.6. The van der Waals surface area contributed by atoms with E-state index in [4.69, 9.17) is 20.0 Å². The first-order chi connectivity index (χ1) is 19.7. The number of fused-ring (bicyclic) bond motifs is 1. The fourth-order valence-electron chi connectivity index (χ4n) is 4.49. The lowest BCUT2D eigenvalue weighted by molar-refractivity contribution is -0.133. The summed E-state index contributed by atoms with van der Waals surface area (Å²) in [4.78, 5) is 49.3. The number of amides is 3. The van der Waals surface area contributed by atoms with Gasteiger partial charge in [-0.3, -0.25) is 29.1 Å². The summed E-state index contributed by atoms with van der Waals surface area (Å²) in [6.07, 6.45) is 2.28. The molecule has 1 aliphatic carbocycles. The Balaban J connectivity index is 1.49. The minimum Gasteiger partial charge on any atom is -0.496 e. The van der Waals surface area contributed by atoms with E-state index in [9.17, 15) is 18.8 Å². The number of carbonyl (C=O) groups is 3. The number of hydrogen-bond acceptors (Lipinski definition) is 7. The normalized spacial score (nSPS) is 13.4. The number of hydrogen-bond donors (Lipinski definition) is 1. The summed E-state index contributed by atoms with van der Waals surface area (Å²) in [6.45, 7) is 0. The molecule has 1 fully saturated rings. The highest BCUT2D eigenvalue weighted by molar-refractivity contribution is 6.16. The molecule has 4 aromatic rings. The smallest absolute Gasteiger partial charge is 0.280 e. The molecule has 1 saturated carbocycles. The molecule has 10 nitrogen and oxygen atoms in total. The van der Waals surface area contributed by atoms with Crippen LogP contribution in [-0.2, 0) is 14.4 Å². The predicted octanol–water partition coefficient (Wildman–Crippen LogP) is 4.74. The molecule has 5 rings (SSSR count). The van der Waals surface area contributed by atoms with E-state index in [0.29, 0.717) is 52.4 Å². The Morgan fingerprint density at radius 1 is 0.927 bits per heavy atom. The van der Waals surface area contributed by atoms with Gasteiger partial charge in [0.1, 0.15) is 28.5 Å². The number of halogens is 1. The van der Waals surface area contributed by atoms with Crippen LogP contribution >= 0.6 is 0 Å². The maximum atomic E-state index is 13.6. The van der Waals surface area contributed by atoms with Crippen molar-refractivity contribution in [1.29, 1.82) is 0 Å². The second-order valence-corrected chi connectivity index (χ2v) is 9.52. The number of aromatic nitrogens is 1. The van der Waals surface area contributed by atoms with Gasteiger partial charge in [-0.25, -0.2) is 9.45 Å². The molecule has 0 unspecified atom stereocenters. The van der Waals surface area contributed by atoms with E-state index in [2.05, 4.69) is 4.98 Å². The number of carbonyl (C=O) groups excluding carboxylic acids is 3. The summed E-state index contributed by atoms with van der Waals surface area (Å²) in [5, 5.41) is 1.64. The van der Waals surface area contributed by atoms with Crippen LogP contribution in [0.3, 0.4) is 0 Å². The van der Waals surface area contributed by atoms with E-state index in [-0.39, 0.29) is 5.56 Å². The molecule has 0 spiro atoms.